The molecule has 0 aliphatic heterocycles. The Hall–Kier alpha value is -1.68. The van der Waals surface area contributed by atoms with Crippen molar-refractivity contribution in [3.63, 3.8) is 0 Å². The summed E-state index contributed by atoms with van der Waals surface area (Å²) in [6.07, 6.45) is 7.44. The van der Waals surface area contributed by atoms with Gasteiger partial charge >= 0.3 is 0 Å². The standard InChI is InChI=1S/C11H14N4/c1-12-11(9-4-3-5-13-6-9)10-7-15(2)8-14-10/h3-8,11-12H,1-2H3. The fraction of sp³-hybridized carbons (Fsp3) is 0.273. The Bertz CT molecular complexity index is 421. The van der Waals surface area contributed by atoms with Crippen LogP contribution in [0.2, 0.25) is 0 Å². The second-order valence-corrected chi connectivity index (χ2v) is 3.47. The molecule has 1 N–H and O–H groups in total. The van der Waals surface area contributed by atoms with Crippen LogP contribution in [0, 0.1) is 0 Å². The molecule has 2 heterocycles. The third-order valence-corrected chi connectivity index (χ3v) is 2.33. The van der Waals surface area contributed by atoms with E-state index in [0.29, 0.717) is 0 Å². The van der Waals surface area contributed by atoms with Crippen molar-refractivity contribution < 1.29 is 0 Å². The van der Waals surface area contributed by atoms with E-state index in [4.69, 9.17) is 0 Å². The lowest BCUT2D eigenvalue weighted by molar-refractivity contribution is 0.671. The molecule has 2 aromatic heterocycles. The van der Waals surface area contributed by atoms with Crippen molar-refractivity contribution in [3.8, 4) is 0 Å². The number of nitrogens with zero attached hydrogens (tertiary/aromatic N) is 3. The maximum atomic E-state index is 4.34. The highest BCUT2D eigenvalue weighted by molar-refractivity contribution is 5.23. The number of aromatic nitrogens is 3. The summed E-state index contributed by atoms with van der Waals surface area (Å²) in [5, 5.41) is 3.23. The fourth-order valence-electron chi connectivity index (χ4n) is 1.61. The first kappa shape index (κ1) is 9.86. The summed E-state index contributed by atoms with van der Waals surface area (Å²) in [4.78, 5) is 8.45. The zero-order valence-corrected chi connectivity index (χ0v) is 8.88. The van der Waals surface area contributed by atoms with E-state index in [1.165, 1.54) is 0 Å². The van der Waals surface area contributed by atoms with Gasteiger partial charge in [-0.05, 0) is 18.7 Å². The smallest absolute Gasteiger partial charge is 0.0947 e. The van der Waals surface area contributed by atoms with Gasteiger partial charge in [-0.3, -0.25) is 4.98 Å². The number of hydrogen-bond donors (Lipinski definition) is 1. The van der Waals surface area contributed by atoms with Gasteiger partial charge in [0.1, 0.15) is 0 Å². The van der Waals surface area contributed by atoms with Crippen LogP contribution in [0.4, 0.5) is 0 Å². The van der Waals surface area contributed by atoms with Crippen LogP contribution in [0.15, 0.2) is 37.1 Å². The molecule has 4 heteroatoms. The second kappa shape index (κ2) is 4.23. The molecule has 2 rings (SSSR count). The minimum Gasteiger partial charge on any atom is -0.340 e. The highest BCUT2D eigenvalue weighted by Gasteiger charge is 2.13. The Labute approximate surface area is 89.0 Å². The Balaban J connectivity index is 2.33. The molecular formula is C11H14N4. The molecule has 0 radical (unpaired) electrons. The van der Waals surface area contributed by atoms with Gasteiger partial charge in [-0.15, -0.1) is 0 Å². The summed E-state index contributed by atoms with van der Waals surface area (Å²) >= 11 is 0. The van der Waals surface area contributed by atoms with Gasteiger partial charge in [0.25, 0.3) is 0 Å². The molecule has 15 heavy (non-hydrogen) atoms. The maximum absolute atomic E-state index is 4.34. The zero-order valence-electron chi connectivity index (χ0n) is 8.88. The van der Waals surface area contributed by atoms with Gasteiger partial charge in [0.05, 0.1) is 18.1 Å². The lowest BCUT2D eigenvalue weighted by Crippen LogP contribution is -2.18. The molecular weight excluding hydrogens is 188 g/mol. The number of aryl methyl sites for hydroxylation is 1. The third-order valence-electron chi connectivity index (χ3n) is 2.33. The Kier molecular flexibility index (Phi) is 2.78. The Morgan fingerprint density at radius 3 is 2.87 bits per heavy atom. The van der Waals surface area contributed by atoms with Crippen molar-refractivity contribution in [3.05, 3.63) is 48.3 Å². The van der Waals surface area contributed by atoms with Gasteiger partial charge in [-0.25, -0.2) is 4.98 Å². The number of nitrogens with one attached hydrogen (secondary N) is 1. The molecule has 0 saturated heterocycles. The molecule has 1 atom stereocenters. The van der Waals surface area contributed by atoms with Crippen LogP contribution < -0.4 is 5.32 Å². The Morgan fingerprint density at radius 1 is 1.47 bits per heavy atom. The quantitative estimate of drug-likeness (QED) is 0.811. The summed E-state index contributed by atoms with van der Waals surface area (Å²) < 4.78 is 1.94. The second-order valence-electron chi connectivity index (χ2n) is 3.47. The van der Waals surface area contributed by atoms with E-state index in [2.05, 4.69) is 15.3 Å². The lowest BCUT2D eigenvalue weighted by Gasteiger charge is -2.13. The molecule has 78 valence electrons. The molecule has 4 nitrogen and oxygen atoms in total. The molecule has 1 unspecified atom stereocenters. The molecule has 0 aliphatic carbocycles. The number of rotatable bonds is 3. The lowest BCUT2D eigenvalue weighted by atomic mass is 10.1. The predicted molar refractivity (Wildman–Crippen MR) is 58.3 cm³/mol. The average molecular weight is 202 g/mol. The van der Waals surface area contributed by atoms with Gasteiger partial charge in [-0.1, -0.05) is 6.07 Å². The molecule has 0 aromatic carbocycles. The molecule has 2 aromatic rings. The molecule has 0 amide bonds. The van der Waals surface area contributed by atoms with E-state index in [0.717, 1.165) is 11.3 Å². The van der Waals surface area contributed by atoms with E-state index in [9.17, 15) is 0 Å². The molecule has 0 bridgehead atoms. The van der Waals surface area contributed by atoms with Crippen molar-refractivity contribution in [2.45, 2.75) is 6.04 Å². The van der Waals surface area contributed by atoms with Crippen molar-refractivity contribution in [2.75, 3.05) is 7.05 Å². The first-order valence-electron chi connectivity index (χ1n) is 4.86. The summed E-state index contributed by atoms with van der Waals surface area (Å²) in [5.41, 5.74) is 2.13. The van der Waals surface area contributed by atoms with Crippen LogP contribution in [0.5, 0.6) is 0 Å². The van der Waals surface area contributed by atoms with E-state index in [-0.39, 0.29) is 6.04 Å². The molecule has 0 spiro atoms. The maximum Gasteiger partial charge on any atom is 0.0947 e. The molecule has 0 aliphatic rings. The number of pyridine rings is 1. The average Bonchev–Trinajstić information content (AvgIpc) is 2.68. The van der Waals surface area contributed by atoms with Crippen molar-refractivity contribution in [1.82, 2.24) is 19.9 Å². The first-order chi connectivity index (χ1) is 7.31. The highest BCUT2D eigenvalue weighted by Crippen LogP contribution is 2.18. The van der Waals surface area contributed by atoms with Crippen molar-refractivity contribution in [1.29, 1.82) is 0 Å². The van der Waals surface area contributed by atoms with E-state index >= 15 is 0 Å². The fourth-order valence-corrected chi connectivity index (χ4v) is 1.61. The van der Waals surface area contributed by atoms with Crippen LogP contribution in [-0.4, -0.2) is 21.6 Å². The number of imidazole rings is 1. The minimum atomic E-state index is 0.111. The van der Waals surface area contributed by atoms with Gasteiger partial charge < -0.3 is 9.88 Å². The first-order valence-corrected chi connectivity index (χ1v) is 4.86. The summed E-state index contributed by atoms with van der Waals surface area (Å²) in [6.45, 7) is 0. The molecule has 0 fully saturated rings. The largest absolute Gasteiger partial charge is 0.340 e. The van der Waals surface area contributed by atoms with Gasteiger partial charge in [0.15, 0.2) is 0 Å². The molecule has 0 saturated carbocycles. The van der Waals surface area contributed by atoms with E-state index in [1.807, 2.05) is 43.2 Å². The third kappa shape index (κ3) is 2.05. The Morgan fingerprint density at radius 2 is 2.33 bits per heavy atom. The van der Waals surface area contributed by atoms with Crippen molar-refractivity contribution >= 4 is 0 Å². The summed E-state index contributed by atoms with van der Waals surface area (Å²) in [7, 11) is 3.89. The topological polar surface area (TPSA) is 42.7 Å². The summed E-state index contributed by atoms with van der Waals surface area (Å²) in [5.74, 6) is 0. The van der Waals surface area contributed by atoms with Gasteiger partial charge in [-0.2, -0.15) is 0 Å². The van der Waals surface area contributed by atoms with Crippen LogP contribution in [-0.2, 0) is 7.05 Å². The van der Waals surface area contributed by atoms with Crippen LogP contribution in [0.3, 0.4) is 0 Å². The SMILES string of the molecule is CNC(c1cccnc1)c1cn(C)cn1. The van der Waals surface area contributed by atoms with Crippen LogP contribution in [0.25, 0.3) is 0 Å². The van der Waals surface area contributed by atoms with Crippen LogP contribution in [0.1, 0.15) is 17.3 Å². The van der Waals surface area contributed by atoms with E-state index < -0.39 is 0 Å². The highest BCUT2D eigenvalue weighted by atomic mass is 15.0. The zero-order chi connectivity index (χ0) is 10.7. The van der Waals surface area contributed by atoms with Crippen molar-refractivity contribution in [2.24, 2.45) is 7.05 Å². The minimum absolute atomic E-state index is 0.111. The summed E-state index contributed by atoms with van der Waals surface area (Å²) in [6, 6.07) is 4.09. The normalized spacial score (nSPS) is 12.7. The van der Waals surface area contributed by atoms with Gasteiger partial charge in [0, 0.05) is 25.6 Å². The van der Waals surface area contributed by atoms with Crippen LogP contribution >= 0.6 is 0 Å². The number of hydrogen-bond acceptors (Lipinski definition) is 3. The monoisotopic (exact) mass is 202 g/mol. The predicted octanol–water partition coefficient (Wildman–Crippen LogP) is 1.12. The van der Waals surface area contributed by atoms with Gasteiger partial charge in [0.2, 0.25) is 0 Å². The van der Waals surface area contributed by atoms with E-state index in [1.54, 1.807) is 12.5 Å².